The second kappa shape index (κ2) is 64.1. The summed E-state index contributed by atoms with van der Waals surface area (Å²) in [5.41, 5.74) is 7.40. The van der Waals surface area contributed by atoms with Crippen molar-refractivity contribution in [1.29, 1.82) is 0 Å². The molecule has 14 atom stereocenters. The van der Waals surface area contributed by atoms with Crippen molar-refractivity contribution in [1.82, 2.24) is 9.78 Å². The molecule has 0 spiro atoms. The molecule has 7 aromatic rings. The Morgan fingerprint density at radius 3 is 1.08 bits per heavy atom. The quantitative estimate of drug-likeness (QED) is 0.0520. The van der Waals surface area contributed by atoms with Gasteiger partial charge in [0.2, 0.25) is 0 Å². The van der Waals surface area contributed by atoms with E-state index in [1.807, 2.05) is 150 Å². The summed E-state index contributed by atoms with van der Waals surface area (Å²) in [6.07, 6.45) is 9.24. The van der Waals surface area contributed by atoms with Crippen molar-refractivity contribution >= 4 is 20.0 Å². The molecular weight excluding hydrogens is 2190 g/mol. The molecule has 6 fully saturated rings. The third kappa shape index (κ3) is 46.5. The molecule has 6 aliphatic heterocycles. The molecule has 13 rings (SSSR count). The van der Waals surface area contributed by atoms with Crippen LogP contribution in [0.5, 0.6) is 0 Å². The van der Waals surface area contributed by atoms with E-state index < -0.39 is 20.0 Å². The van der Waals surface area contributed by atoms with Gasteiger partial charge in [-0.15, -0.1) is 35.5 Å². The molecular formula is C86H114Cs6N2O17S2. The summed E-state index contributed by atoms with van der Waals surface area (Å²) in [7, 11) is -6.93. The number of benzene rings is 6. The molecule has 27 heteroatoms. The van der Waals surface area contributed by atoms with Gasteiger partial charge < -0.3 is 56.8 Å². The average molecular weight is 2310 g/mol. The second-order valence-corrected chi connectivity index (χ2v) is 32.9. The Balaban J connectivity index is 0.000000459. The van der Waals surface area contributed by atoms with Crippen molar-refractivity contribution in [2.75, 3.05) is 12.4 Å². The molecule has 6 saturated heterocycles. The van der Waals surface area contributed by atoms with Gasteiger partial charge in [0.15, 0.2) is 9.84 Å². The second-order valence-electron chi connectivity index (χ2n) is 29.1. The number of hydrogen-bond donors (Lipinski definition) is 0. The maximum Gasteiger partial charge on any atom is 1.00 e. The minimum absolute atomic E-state index is 0. The molecule has 588 valence electrons. The first-order valence-corrected chi connectivity index (χ1v) is 40.7. The van der Waals surface area contributed by atoms with E-state index in [9.17, 15) is 16.8 Å². The van der Waals surface area contributed by atoms with Gasteiger partial charge in [0.1, 0.15) is 37.7 Å². The Labute approximate surface area is 1030 Å². The Hall–Kier alpha value is 6.22. The summed E-state index contributed by atoms with van der Waals surface area (Å²) >= 11 is 0. The summed E-state index contributed by atoms with van der Waals surface area (Å²) in [5.74, 6) is 3.47. The van der Waals surface area contributed by atoms with Gasteiger partial charge >= 0.3 is 413 Å². The van der Waals surface area contributed by atoms with Crippen molar-refractivity contribution in [3.05, 3.63) is 255 Å². The van der Waals surface area contributed by atoms with Crippen LogP contribution >= 0.6 is 0 Å². The van der Waals surface area contributed by atoms with E-state index in [-0.39, 0.29) is 486 Å². The van der Waals surface area contributed by atoms with Gasteiger partial charge in [0.05, 0.1) is 66.5 Å². The zero-order valence-corrected chi connectivity index (χ0v) is 110. The Bertz CT molecular complexity index is 3670. The molecule has 0 N–H and O–H groups in total. The topological polar surface area (TPSA) is 206 Å². The van der Waals surface area contributed by atoms with Gasteiger partial charge in [-0.2, -0.15) is 13.5 Å². The maximum absolute atomic E-state index is 12.3. The monoisotopic (exact) mass is 2310 g/mol. The van der Waals surface area contributed by atoms with E-state index in [0.717, 1.165) is 60.9 Å². The summed E-state index contributed by atoms with van der Waals surface area (Å²) in [6.45, 7) is 37.7. The van der Waals surface area contributed by atoms with Gasteiger partial charge in [0, 0.05) is 12.4 Å². The van der Waals surface area contributed by atoms with E-state index >= 15 is 0 Å². The SMILES string of the molecule is CC(C)CCS(=O)(=O)c1cccc(COC2C[C@@H](C)[CH-]O2)c1.CC(C)COS(=O)(=O)c1cccc(COC2C[C@@H](C)[CH-]O2)c1.C[C@H]1[CH-]OC(OCc2ccc(-n3cccn3)cc2)C1.C[C@H]1[CH-]OC(OCc2ccccc2)C1.C[C@H]1[CH-]OC(O[C@H](C)c2ccccc2)C1.C[C@H]1[CH-]OC(O[C@H](C)c2ccccc2)C1.[Cs+].[Cs+].[Cs+].[Cs+].[Cs+].[Cs+]. The standard InChI is InChI=1S/C17H25O4S.C16H23O5S.C15H17N2O2.2C13H17O2.C12H15O2.6Cs/c1-13(2)7-8-22(18,19)16-6-4-5-15(10-16)12-21-17-9-14(3)11-20-17;1-12(2)9-21-22(17,18)15-6-4-5-14(8-15)11-20-16-7-13(3)10-19-16;1-12-9-15(18-10-12)19-11-13-3-5-14(6-4-13)17-8-2-7-16-17;2*1-10-8-13(14-9-10)15-11(2)12-6-4-3-5-7-12;1-10-7-12(13-8-10)14-9-11-5-3-2-4-6-11;;;;;;/h4-6,10-11,13-14,17H,7-9,12H2,1-3H3;4-6,8,10,12-13,16H,7,9,11H2,1-3H3;2-8,10,12,15H,9,11H2,1H3;2*3-7,9-11,13H,8H2,1-2H3;2-6,8,10,12H,7,9H2,1H3;;;;;;/q6*-1;6*+1/t14-,17?;13-,16?;12-,15?;2*10-,11-,13?;10-,12?;;;;;;/m111111....../s1. The number of rotatable bonds is 27. The van der Waals surface area contributed by atoms with E-state index in [4.69, 9.17) is 61.0 Å². The van der Waals surface area contributed by atoms with E-state index in [1.165, 1.54) is 22.8 Å². The zero-order valence-electron chi connectivity index (χ0n) is 70.4. The fraction of sp³-hybridized carbons (Fsp3) is 0.477. The van der Waals surface area contributed by atoms with Crippen molar-refractivity contribution in [3.63, 3.8) is 0 Å². The summed E-state index contributed by atoms with van der Waals surface area (Å²) in [6, 6.07) is 54.3. The Morgan fingerprint density at radius 2 is 0.735 bits per heavy atom. The van der Waals surface area contributed by atoms with Crippen LogP contribution in [0.3, 0.4) is 0 Å². The number of ether oxygens (including phenoxy) is 12. The van der Waals surface area contributed by atoms with E-state index in [2.05, 4.69) is 109 Å². The molecule has 19 nitrogen and oxygen atoms in total. The summed E-state index contributed by atoms with van der Waals surface area (Å²) in [5, 5.41) is 4.19. The van der Waals surface area contributed by atoms with Crippen LogP contribution < -0.4 is 413 Å². The molecule has 7 heterocycles. The van der Waals surface area contributed by atoms with E-state index in [1.54, 1.807) is 49.7 Å². The molecule has 6 aliphatic rings. The molecule has 0 aliphatic carbocycles. The van der Waals surface area contributed by atoms with Crippen molar-refractivity contribution < 1.29 is 491 Å². The molecule has 0 radical (unpaired) electrons. The minimum atomic E-state index is -3.72. The van der Waals surface area contributed by atoms with E-state index in [0.29, 0.717) is 79.2 Å². The number of sulfone groups is 1. The van der Waals surface area contributed by atoms with Crippen LogP contribution in [0.15, 0.2) is 192 Å². The molecule has 6 unspecified atom stereocenters. The van der Waals surface area contributed by atoms with Gasteiger partial charge in [-0.25, -0.2) is 52.7 Å². The Morgan fingerprint density at radius 1 is 0.398 bits per heavy atom. The normalized spacial score (nSPS) is 23.2. The van der Waals surface area contributed by atoms with Crippen LogP contribution in [0.1, 0.15) is 174 Å². The van der Waals surface area contributed by atoms with Gasteiger partial charge in [0.25, 0.3) is 10.1 Å². The van der Waals surface area contributed by atoms with Crippen molar-refractivity contribution in [3.8, 4) is 5.69 Å². The molecule has 113 heavy (non-hydrogen) atoms. The van der Waals surface area contributed by atoms with Crippen LogP contribution in [0.4, 0.5) is 0 Å². The predicted molar refractivity (Wildman–Crippen MR) is 411 cm³/mol. The fourth-order valence-electron chi connectivity index (χ4n) is 11.4. The van der Waals surface area contributed by atoms with Crippen molar-refractivity contribution in [2.24, 2.45) is 47.3 Å². The third-order valence-electron chi connectivity index (χ3n) is 17.7. The first-order valence-electron chi connectivity index (χ1n) is 37.6. The van der Waals surface area contributed by atoms with Gasteiger partial charge in [-0.1, -0.05) is 197 Å². The maximum atomic E-state index is 12.3. The molecule has 0 bridgehead atoms. The molecule has 0 amide bonds. The van der Waals surface area contributed by atoms with Crippen molar-refractivity contribution in [2.45, 2.75) is 214 Å². The first kappa shape index (κ1) is 115. The smallest absolute Gasteiger partial charge is 0.529 e. The zero-order chi connectivity index (χ0) is 76.6. The fourth-order valence-corrected chi connectivity index (χ4v) is 14.2. The largest absolute Gasteiger partial charge is 1.00 e. The van der Waals surface area contributed by atoms with Gasteiger partial charge in [-0.3, -0.25) is 4.18 Å². The third-order valence-corrected chi connectivity index (χ3v) is 20.7. The minimum Gasteiger partial charge on any atom is -0.529 e. The summed E-state index contributed by atoms with van der Waals surface area (Å²) in [4.78, 5) is 0.531. The van der Waals surface area contributed by atoms with Crippen LogP contribution in [-0.4, -0.2) is 76.7 Å². The van der Waals surface area contributed by atoms with Crippen LogP contribution in [0, 0.1) is 87.0 Å². The number of nitrogens with zero attached hydrogens (tertiary/aromatic N) is 2. The number of hydrogen-bond acceptors (Lipinski definition) is 18. The first-order chi connectivity index (χ1) is 51.4. The predicted octanol–water partition coefficient (Wildman–Crippen LogP) is 0.998. The number of aromatic nitrogens is 2. The van der Waals surface area contributed by atoms with Crippen LogP contribution in [-0.2, 0) is 107 Å². The van der Waals surface area contributed by atoms with Crippen LogP contribution in [0.2, 0.25) is 0 Å². The molecule has 1 aromatic heterocycles. The van der Waals surface area contributed by atoms with Gasteiger partial charge in [-0.05, 0) is 146 Å². The molecule has 6 aromatic carbocycles. The van der Waals surface area contributed by atoms with Crippen LogP contribution in [0.25, 0.3) is 5.69 Å². The average Bonchev–Trinajstić information content (AvgIpc) is 1.53. The summed E-state index contributed by atoms with van der Waals surface area (Å²) < 4.78 is 122. The molecule has 0 saturated carbocycles. The Kier molecular flexibility index (Phi) is 65.4.